The predicted molar refractivity (Wildman–Crippen MR) is 285 cm³/mol. The maximum atomic E-state index is 7.04. The second-order valence-electron chi connectivity index (χ2n) is 19.0. The molecule has 4 heteroatoms. The van der Waals surface area contributed by atoms with Crippen molar-refractivity contribution in [3.05, 3.63) is 281 Å². The largest absolute Gasteiger partial charge is 0.457 e. The van der Waals surface area contributed by atoms with Gasteiger partial charge in [-0.05, 0) is 145 Å². The molecule has 0 saturated carbocycles. The minimum absolute atomic E-state index is 0.544. The maximum Gasteiger partial charge on any atom is 0.137 e. The van der Waals surface area contributed by atoms with Crippen LogP contribution in [0.2, 0.25) is 0 Å². The third-order valence-corrected chi connectivity index (χ3v) is 16.9. The van der Waals surface area contributed by atoms with Crippen LogP contribution in [0.15, 0.2) is 251 Å². The van der Waals surface area contributed by atoms with Crippen molar-refractivity contribution in [2.45, 2.75) is 20.6 Å². The molecule has 4 aliphatic rings. The molecule has 1 unspecified atom stereocenters. The van der Waals surface area contributed by atoms with Gasteiger partial charge in [0.1, 0.15) is 22.7 Å². The van der Waals surface area contributed by atoms with Crippen LogP contribution in [-0.4, -0.2) is 0 Å². The molecule has 0 amide bonds. The number of nitrogens with zero attached hydrogens (tertiary/aromatic N) is 1. The molecule has 1 aromatic heterocycles. The number of benzene rings is 11. The average molecular weight is 910 g/mol. The van der Waals surface area contributed by atoms with Crippen molar-refractivity contribution in [2.75, 3.05) is 4.90 Å². The summed E-state index contributed by atoms with van der Waals surface area (Å²) in [7, 11) is 0. The monoisotopic (exact) mass is 909 g/mol. The lowest BCUT2D eigenvalue weighted by atomic mass is 9.66. The van der Waals surface area contributed by atoms with Crippen molar-refractivity contribution >= 4 is 61.5 Å². The van der Waals surface area contributed by atoms with Gasteiger partial charge in [0, 0.05) is 37.7 Å². The molecule has 0 radical (unpaired) electrons. The Bertz CT molecular complexity index is 4190. The Balaban J connectivity index is 1.01. The number of ether oxygens (including phenoxy) is 1. The molecule has 11 aromatic carbocycles. The fourth-order valence-electron chi connectivity index (χ4n) is 13.1. The topological polar surface area (TPSA) is 25.6 Å². The molecule has 70 heavy (non-hydrogen) atoms. The second-order valence-corrected chi connectivity index (χ2v) is 20.1. The lowest BCUT2D eigenvalue weighted by Crippen LogP contribution is -2.32. The first-order valence-corrected chi connectivity index (χ1v) is 24.9. The molecule has 16 rings (SSSR count). The Morgan fingerprint density at radius 2 is 0.886 bits per heavy atom. The van der Waals surface area contributed by atoms with E-state index in [2.05, 4.69) is 241 Å². The van der Waals surface area contributed by atoms with Crippen LogP contribution in [0.25, 0.3) is 55.0 Å². The van der Waals surface area contributed by atoms with E-state index in [9.17, 15) is 0 Å². The van der Waals surface area contributed by atoms with Gasteiger partial charge in [-0.15, -0.1) is 0 Å². The van der Waals surface area contributed by atoms with E-state index in [0.717, 1.165) is 61.6 Å². The van der Waals surface area contributed by atoms with Crippen molar-refractivity contribution in [3.8, 4) is 33.8 Å². The molecule has 3 heterocycles. The zero-order valence-corrected chi connectivity index (χ0v) is 38.5. The first-order chi connectivity index (χ1) is 34.7. The average Bonchev–Trinajstić information content (AvgIpc) is 4.04. The van der Waals surface area contributed by atoms with Gasteiger partial charge in [0.15, 0.2) is 0 Å². The highest BCUT2D eigenvalue weighted by molar-refractivity contribution is 7.99. The lowest BCUT2D eigenvalue weighted by molar-refractivity contribution is 0.436. The number of anilines is 3. The summed E-state index contributed by atoms with van der Waals surface area (Å²) in [4.78, 5) is 5.01. The standard InChI is InChI=1S/C66H39NO2S/c1-2-17-41-37-54-48(36-40(41)16-1)46-20-5-9-24-51(46)66(54)52-25-10-13-29-59(52)69-60-34-32-42(38-55(60)66)67(57-27-15-30-61-64(57)47-21-6-12-28-58(47)68-61)43-33-35-63-56(39-43)65(53-26-11-14-31-62(53)70-63)49-22-7-3-18-44(49)45-19-4-8-23-50(45)65/h1-39H. The number of hydrogen-bond acceptors (Lipinski definition) is 4. The summed E-state index contributed by atoms with van der Waals surface area (Å²) in [5.74, 6) is 1.72. The van der Waals surface area contributed by atoms with Gasteiger partial charge in [0.05, 0.1) is 21.9 Å². The van der Waals surface area contributed by atoms with Crippen molar-refractivity contribution in [1.82, 2.24) is 0 Å². The van der Waals surface area contributed by atoms with E-state index >= 15 is 0 Å². The minimum Gasteiger partial charge on any atom is -0.457 e. The molecule has 0 bridgehead atoms. The summed E-state index contributed by atoms with van der Waals surface area (Å²) < 4.78 is 13.7. The normalized spacial score (nSPS) is 15.9. The molecule has 0 fully saturated rings. The highest BCUT2D eigenvalue weighted by atomic mass is 32.2. The SMILES string of the molecule is c1ccc2c(c1)Oc1ccc(N(c3ccc4c(c3)C3(c5ccccc5S4)c4ccccc4-c4ccccc43)c3cccc4oc5ccccc5c34)cc1C21c2ccccc2-c2cc3ccccc3cc21. The van der Waals surface area contributed by atoms with Gasteiger partial charge in [-0.3, -0.25) is 0 Å². The van der Waals surface area contributed by atoms with E-state index in [-0.39, 0.29) is 0 Å². The number of rotatable bonds is 3. The van der Waals surface area contributed by atoms with Gasteiger partial charge in [0.2, 0.25) is 0 Å². The van der Waals surface area contributed by atoms with Crippen molar-refractivity contribution in [3.63, 3.8) is 0 Å². The number of fused-ring (bicyclic) bond motifs is 22. The molecule has 3 nitrogen and oxygen atoms in total. The Kier molecular flexibility index (Phi) is 7.69. The smallest absolute Gasteiger partial charge is 0.137 e. The van der Waals surface area contributed by atoms with Crippen LogP contribution in [0, 0.1) is 0 Å². The zero-order valence-electron chi connectivity index (χ0n) is 37.7. The van der Waals surface area contributed by atoms with Gasteiger partial charge >= 0.3 is 0 Å². The van der Waals surface area contributed by atoms with Crippen molar-refractivity contribution in [1.29, 1.82) is 0 Å². The van der Waals surface area contributed by atoms with Crippen LogP contribution in [0.4, 0.5) is 17.1 Å². The van der Waals surface area contributed by atoms with Crippen LogP contribution in [0.3, 0.4) is 0 Å². The molecule has 0 N–H and O–H groups in total. The van der Waals surface area contributed by atoms with Crippen LogP contribution in [-0.2, 0) is 10.8 Å². The number of para-hydroxylation sites is 2. The van der Waals surface area contributed by atoms with Crippen molar-refractivity contribution < 1.29 is 9.15 Å². The maximum absolute atomic E-state index is 7.04. The summed E-state index contributed by atoms with van der Waals surface area (Å²) in [5.41, 5.74) is 18.7. The first kappa shape index (κ1) is 38.4. The highest BCUT2D eigenvalue weighted by Gasteiger charge is 2.53. The van der Waals surface area contributed by atoms with Gasteiger partial charge in [0.25, 0.3) is 0 Å². The van der Waals surface area contributed by atoms with Crippen LogP contribution >= 0.6 is 11.8 Å². The molecule has 2 spiro atoms. The van der Waals surface area contributed by atoms with E-state index in [1.165, 1.54) is 76.2 Å². The summed E-state index contributed by atoms with van der Waals surface area (Å²) in [6.07, 6.45) is 0. The van der Waals surface area contributed by atoms with Gasteiger partial charge in [-0.2, -0.15) is 0 Å². The molecule has 12 aromatic rings. The van der Waals surface area contributed by atoms with E-state index in [4.69, 9.17) is 9.15 Å². The van der Waals surface area contributed by atoms with Crippen LogP contribution in [0.1, 0.15) is 44.5 Å². The molecule has 0 saturated heterocycles. The molecular formula is C66H39NO2S. The lowest BCUT2D eigenvalue weighted by Gasteiger charge is -2.41. The zero-order chi connectivity index (χ0) is 45.7. The van der Waals surface area contributed by atoms with E-state index in [1.807, 2.05) is 11.8 Å². The minimum atomic E-state index is -0.673. The summed E-state index contributed by atoms with van der Waals surface area (Å²) >= 11 is 1.87. The highest BCUT2D eigenvalue weighted by Crippen LogP contribution is 2.65. The Labute approximate surface area is 408 Å². The first-order valence-electron chi connectivity index (χ1n) is 24.1. The van der Waals surface area contributed by atoms with E-state index < -0.39 is 10.8 Å². The Morgan fingerprint density at radius 1 is 0.343 bits per heavy atom. The second kappa shape index (κ2) is 14.0. The molecule has 2 aliphatic heterocycles. The van der Waals surface area contributed by atoms with Gasteiger partial charge in [-0.1, -0.05) is 169 Å². The molecule has 1 atom stereocenters. The third kappa shape index (κ3) is 4.85. The molecular weight excluding hydrogens is 871 g/mol. The van der Waals surface area contributed by atoms with Gasteiger partial charge < -0.3 is 14.1 Å². The van der Waals surface area contributed by atoms with Gasteiger partial charge in [-0.25, -0.2) is 0 Å². The summed E-state index contributed by atoms with van der Waals surface area (Å²) in [6, 6.07) is 87.4. The van der Waals surface area contributed by atoms with Crippen molar-refractivity contribution in [2.24, 2.45) is 0 Å². The van der Waals surface area contributed by atoms with E-state index in [0.29, 0.717) is 0 Å². The Hall–Kier alpha value is -8.57. The van der Waals surface area contributed by atoms with E-state index in [1.54, 1.807) is 0 Å². The van der Waals surface area contributed by atoms with Crippen LogP contribution < -0.4 is 9.64 Å². The van der Waals surface area contributed by atoms with Crippen LogP contribution in [0.5, 0.6) is 11.5 Å². The quantitative estimate of drug-likeness (QED) is 0.176. The molecule has 326 valence electrons. The number of furan rings is 1. The summed E-state index contributed by atoms with van der Waals surface area (Å²) in [5, 5.41) is 4.59. The fraction of sp³-hybridized carbons (Fsp3) is 0.0303. The number of hydrogen-bond donors (Lipinski definition) is 0. The predicted octanol–water partition coefficient (Wildman–Crippen LogP) is 17.5. The molecule has 2 aliphatic carbocycles. The summed E-state index contributed by atoms with van der Waals surface area (Å²) in [6.45, 7) is 0. The fourth-order valence-corrected chi connectivity index (χ4v) is 14.2. The Morgan fingerprint density at radius 3 is 1.66 bits per heavy atom. The third-order valence-electron chi connectivity index (χ3n) is 15.8.